The molecule has 0 bridgehead atoms. The van der Waals surface area contributed by atoms with Crippen LogP contribution in [0.1, 0.15) is 42.9 Å². The highest BCUT2D eigenvalue weighted by molar-refractivity contribution is 5.78. The standard InChI is InChI=1S/C24H29NO4/c1-12(2)17-11-19(26)13(3)9-18(17)22-23(27)14(4)21(15(5)24(22)28)16-7-8-25-20(10-16)29-6/h7-10,17-19,26-28H,1,11H2,2-6H3. The Bertz CT molecular complexity index is 964. The third-order valence-corrected chi connectivity index (χ3v) is 6.05. The van der Waals surface area contributed by atoms with Gasteiger partial charge in [-0.25, -0.2) is 4.98 Å². The van der Waals surface area contributed by atoms with Crippen molar-refractivity contribution in [3.05, 3.63) is 58.8 Å². The third kappa shape index (κ3) is 3.62. The van der Waals surface area contributed by atoms with Gasteiger partial charge < -0.3 is 20.1 Å². The number of aromatic nitrogens is 1. The number of hydrogen-bond donors (Lipinski definition) is 3. The van der Waals surface area contributed by atoms with Gasteiger partial charge in [-0.15, -0.1) is 0 Å². The number of phenolic OH excluding ortho intramolecular Hbond substituents is 2. The molecule has 0 spiro atoms. The molecule has 1 aromatic heterocycles. The van der Waals surface area contributed by atoms with Crippen molar-refractivity contribution in [2.45, 2.75) is 46.1 Å². The van der Waals surface area contributed by atoms with E-state index in [2.05, 4.69) is 11.6 Å². The van der Waals surface area contributed by atoms with Gasteiger partial charge in [-0.3, -0.25) is 0 Å². The number of aliphatic hydroxyl groups excluding tert-OH is 1. The average molecular weight is 395 g/mol. The lowest BCUT2D eigenvalue weighted by molar-refractivity contribution is 0.168. The molecule has 3 unspecified atom stereocenters. The first-order valence-corrected chi connectivity index (χ1v) is 9.74. The fraction of sp³-hybridized carbons (Fsp3) is 0.375. The number of rotatable bonds is 4. The highest BCUT2D eigenvalue weighted by atomic mass is 16.5. The summed E-state index contributed by atoms with van der Waals surface area (Å²) in [5.41, 5.74) is 5.17. The highest BCUT2D eigenvalue weighted by Gasteiger charge is 2.35. The second-order valence-corrected chi connectivity index (χ2v) is 7.96. The number of hydrogen-bond acceptors (Lipinski definition) is 5. The summed E-state index contributed by atoms with van der Waals surface area (Å²) in [6.07, 6.45) is 3.56. The third-order valence-electron chi connectivity index (χ3n) is 6.05. The van der Waals surface area contributed by atoms with E-state index in [0.717, 1.165) is 22.3 Å². The summed E-state index contributed by atoms with van der Waals surface area (Å²) in [4.78, 5) is 4.13. The number of ether oxygens (including phenoxy) is 1. The van der Waals surface area contributed by atoms with Crippen LogP contribution in [0.3, 0.4) is 0 Å². The van der Waals surface area contributed by atoms with Crippen molar-refractivity contribution in [3.8, 4) is 28.5 Å². The predicted octanol–water partition coefficient (Wildman–Crippen LogP) is 4.77. The van der Waals surface area contributed by atoms with Gasteiger partial charge in [0.1, 0.15) is 11.5 Å². The maximum atomic E-state index is 11.1. The van der Waals surface area contributed by atoms with Crippen LogP contribution in [0.4, 0.5) is 0 Å². The van der Waals surface area contributed by atoms with Crippen molar-refractivity contribution >= 4 is 0 Å². The van der Waals surface area contributed by atoms with Crippen molar-refractivity contribution in [3.63, 3.8) is 0 Å². The Balaban J connectivity index is 2.23. The smallest absolute Gasteiger partial charge is 0.213 e. The quantitative estimate of drug-likeness (QED) is 0.650. The van der Waals surface area contributed by atoms with Gasteiger partial charge in [-0.2, -0.15) is 0 Å². The Kier molecular flexibility index (Phi) is 5.71. The van der Waals surface area contributed by atoms with E-state index in [9.17, 15) is 15.3 Å². The molecule has 154 valence electrons. The van der Waals surface area contributed by atoms with Crippen LogP contribution in [0.2, 0.25) is 0 Å². The first kappa shape index (κ1) is 20.9. The fourth-order valence-electron chi connectivity index (χ4n) is 4.34. The molecule has 29 heavy (non-hydrogen) atoms. The molecule has 5 nitrogen and oxygen atoms in total. The molecule has 5 heteroatoms. The zero-order valence-electron chi connectivity index (χ0n) is 17.7. The van der Waals surface area contributed by atoms with E-state index in [1.807, 2.05) is 39.8 Å². The maximum Gasteiger partial charge on any atom is 0.213 e. The normalized spacial score (nSPS) is 21.6. The van der Waals surface area contributed by atoms with E-state index in [0.29, 0.717) is 29.0 Å². The molecule has 0 radical (unpaired) electrons. The summed E-state index contributed by atoms with van der Waals surface area (Å²) in [6, 6.07) is 3.61. The molecule has 0 amide bonds. The molecule has 1 heterocycles. The summed E-state index contributed by atoms with van der Waals surface area (Å²) in [5, 5.41) is 32.6. The number of pyridine rings is 1. The Labute approximate surface area is 172 Å². The van der Waals surface area contributed by atoms with Crippen molar-refractivity contribution in [2.75, 3.05) is 7.11 Å². The lowest BCUT2D eigenvalue weighted by atomic mass is 9.71. The lowest BCUT2D eigenvalue weighted by Gasteiger charge is -2.34. The van der Waals surface area contributed by atoms with Crippen LogP contribution in [0.5, 0.6) is 17.4 Å². The molecule has 0 fully saturated rings. The zero-order valence-corrected chi connectivity index (χ0v) is 17.7. The molecular weight excluding hydrogens is 366 g/mol. The average Bonchev–Trinajstić information content (AvgIpc) is 2.69. The van der Waals surface area contributed by atoms with Crippen LogP contribution in [-0.4, -0.2) is 33.5 Å². The van der Waals surface area contributed by atoms with E-state index in [1.54, 1.807) is 19.4 Å². The summed E-state index contributed by atoms with van der Waals surface area (Å²) in [6.45, 7) is 11.6. The van der Waals surface area contributed by atoms with Crippen LogP contribution in [0.15, 0.2) is 42.1 Å². The van der Waals surface area contributed by atoms with Gasteiger partial charge in [0, 0.05) is 23.7 Å². The minimum absolute atomic E-state index is 0.0653. The predicted molar refractivity (Wildman–Crippen MR) is 114 cm³/mol. The molecule has 3 atom stereocenters. The molecule has 0 saturated carbocycles. The number of aromatic hydroxyl groups is 2. The number of nitrogens with zero attached hydrogens (tertiary/aromatic N) is 1. The molecule has 3 rings (SSSR count). The lowest BCUT2D eigenvalue weighted by Crippen LogP contribution is -2.26. The molecule has 1 aliphatic carbocycles. The maximum absolute atomic E-state index is 11.1. The van der Waals surface area contributed by atoms with Gasteiger partial charge in [-0.1, -0.05) is 18.2 Å². The summed E-state index contributed by atoms with van der Waals surface area (Å²) >= 11 is 0. The van der Waals surface area contributed by atoms with Gasteiger partial charge in [0.25, 0.3) is 0 Å². The van der Waals surface area contributed by atoms with Crippen LogP contribution < -0.4 is 4.74 Å². The number of phenols is 2. The van der Waals surface area contributed by atoms with Crippen LogP contribution in [0.25, 0.3) is 11.1 Å². The summed E-state index contributed by atoms with van der Waals surface area (Å²) in [7, 11) is 1.55. The van der Waals surface area contributed by atoms with Crippen LogP contribution in [-0.2, 0) is 0 Å². The SMILES string of the molecule is C=C(C)C1CC(O)C(C)=CC1c1c(O)c(C)c(-c2ccnc(OC)c2)c(C)c1O. The van der Waals surface area contributed by atoms with Crippen molar-refractivity contribution in [1.82, 2.24) is 4.98 Å². The largest absolute Gasteiger partial charge is 0.507 e. The van der Waals surface area contributed by atoms with Crippen LogP contribution >= 0.6 is 0 Å². The summed E-state index contributed by atoms with van der Waals surface area (Å²) < 4.78 is 5.22. The molecule has 1 aromatic carbocycles. The Morgan fingerprint density at radius 3 is 2.34 bits per heavy atom. The number of aliphatic hydroxyl groups is 1. The van der Waals surface area contributed by atoms with E-state index in [1.165, 1.54) is 0 Å². The number of allylic oxidation sites excluding steroid dienone is 2. The molecule has 0 saturated heterocycles. The zero-order chi connectivity index (χ0) is 21.5. The first-order valence-electron chi connectivity index (χ1n) is 9.74. The van der Waals surface area contributed by atoms with Gasteiger partial charge in [-0.05, 0) is 73.9 Å². The van der Waals surface area contributed by atoms with Crippen LogP contribution in [0, 0.1) is 19.8 Å². The van der Waals surface area contributed by atoms with E-state index >= 15 is 0 Å². The van der Waals surface area contributed by atoms with Gasteiger partial charge in [0.2, 0.25) is 5.88 Å². The van der Waals surface area contributed by atoms with E-state index in [-0.39, 0.29) is 23.3 Å². The van der Waals surface area contributed by atoms with Gasteiger partial charge >= 0.3 is 0 Å². The second kappa shape index (κ2) is 7.91. The van der Waals surface area contributed by atoms with E-state index in [4.69, 9.17) is 4.74 Å². The first-order chi connectivity index (χ1) is 13.7. The monoisotopic (exact) mass is 395 g/mol. The topological polar surface area (TPSA) is 82.8 Å². The number of methoxy groups -OCH3 is 1. The molecule has 2 aromatic rings. The fourth-order valence-corrected chi connectivity index (χ4v) is 4.34. The second-order valence-electron chi connectivity index (χ2n) is 7.96. The minimum atomic E-state index is -0.539. The molecule has 3 N–H and O–H groups in total. The van der Waals surface area contributed by atoms with Crippen molar-refractivity contribution in [2.24, 2.45) is 5.92 Å². The Hall–Kier alpha value is -2.79. The van der Waals surface area contributed by atoms with Gasteiger partial charge in [0.15, 0.2) is 0 Å². The summed E-state index contributed by atoms with van der Waals surface area (Å²) in [5.74, 6) is 0.267. The molecule has 1 aliphatic rings. The minimum Gasteiger partial charge on any atom is -0.507 e. The highest BCUT2D eigenvalue weighted by Crippen LogP contribution is 2.51. The Morgan fingerprint density at radius 1 is 1.17 bits per heavy atom. The number of benzene rings is 1. The molecular formula is C24H29NO4. The molecule has 0 aliphatic heterocycles. The Morgan fingerprint density at radius 2 is 1.79 bits per heavy atom. The van der Waals surface area contributed by atoms with Crippen molar-refractivity contribution < 1.29 is 20.1 Å². The van der Waals surface area contributed by atoms with Gasteiger partial charge in [0.05, 0.1) is 13.2 Å². The van der Waals surface area contributed by atoms with E-state index < -0.39 is 6.10 Å². The van der Waals surface area contributed by atoms with Crippen molar-refractivity contribution in [1.29, 1.82) is 0 Å².